The van der Waals surface area contributed by atoms with Crippen LogP contribution in [0.1, 0.15) is 5.56 Å². The molecule has 3 aromatic rings. The highest BCUT2D eigenvalue weighted by atomic mass is 16.5. The second-order valence-electron chi connectivity index (χ2n) is 5.76. The predicted molar refractivity (Wildman–Crippen MR) is 106 cm³/mol. The Morgan fingerprint density at radius 1 is 0.778 bits per heavy atom. The molecule has 0 aromatic heterocycles. The third-order valence-corrected chi connectivity index (χ3v) is 4.00. The maximum absolute atomic E-state index is 12.1. The first kappa shape index (κ1) is 18.3. The fourth-order valence-electron chi connectivity index (χ4n) is 2.62. The first-order valence-corrected chi connectivity index (χ1v) is 8.47. The molecule has 0 aliphatic carbocycles. The van der Waals surface area contributed by atoms with E-state index in [1.54, 1.807) is 44.6 Å². The molecular weight excluding hydrogens is 340 g/mol. The second kappa shape index (κ2) is 8.72. The van der Waals surface area contributed by atoms with E-state index in [4.69, 9.17) is 14.2 Å². The zero-order chi connectivity index (χ0) is 19.1. The Bertz CT molecular complexity index is 928. The van der Waals surface area contributed by atoms with Crippen molar-refractivity contribution < 1.29 is 19.0 Å². The van der Waals surface area contributed by atoms with Gasteiger partial charge in [-0.2, -0.15) is 0 Å². The highest BCUT2D eigenvalue weighted by Gasteiger charge is 2.05. The fraction of sp³-hybridized carbons (Fsp3) is 0.0870. The third-order valence-electron chi connectivity index (χ3n) is 4.00. The lowest BCUT2D eigenvalue weighted by Crippen LogP contribution is -2.03. The maximum Gasteiger partial charge on any atom is 0.336 e. The van der Waals surface area contributed by atoms with Crippen molar-refractivity contribution in [3.8, 4) is 28.4 Å². The van der Waals surface area contributed by atoms with Gasteiger partial charge in [-0.05, 0) is 47.0 Å². The Morgan fingerprint density at radius 2 is 1.44 bits per heavy atom. The zero-order valence-electron chi connectivity index (χ0n) is 15.2. The summed E-state index contributed by atoms with van der Waals surface area (Å²) in [6, 6.07) is 22.8. The monoisotopic (exact) mass is 360 g/mol. The van der Waals surface area contributed by atoms with Gasteiger partial charge in [-0.3, -0.25) is 0 Å². The smallest absolute Gasteiger partial charge is 0.336 e. The maximum atomic E-state index is 12.1. The van der Waals surface area contributed by atoms with Crippen LogP contribution in [0.15, 0.2) is 78.9 Å². The molecule has 0 atom stereocenters. The van der Waals surface area contributed by atoms with E-state index in [0.29, 0.717) is 17.2 Å². The molecule has 0 N–H and O–H groups in total. The second-order valence-corrected chi connectivity index (χ2v) is 5.76. The van der Waals surface area contributed by atoms with E-state index in [-0.39, 0.29) is 0 Å². The van der Waals surface area contributed by atoms with Crippen LogP contribution in [0.5, 0.6) is 17.2 Å². The Morgan fingerprint density at radius 3 is 2.11 bits per heavy atom. The molecule has 0 fully saturated rings. The van der Waals surface area contributed by atoms with Gasteiger partial charge in [0.1, 0.15) is 5.75 Å². The van der Waals surface area contributed by atoms with Crippen LogP contribution >= 0.6 is 0 Å². The lowest BCUT2D eigenvalue weighted by atomic mass is 10.1. The minimum absolute atomic E-state index is 0.447. The van der Waals surface area contributed by atoms with Gasteiger partial charge in [-0.15, -0.1) is 0 Å². The van der Waals surface area contributed by atoms with E-state index >= 15 is 0 Å². The average Bonchev–Trinajstić information content (AvgIpc) is 2.73. The lowest BCUT2D eigenvalue weighted by Gasteiger charge is -2.07. The standard InChI is InChI=1S/C23H20O4/c1-25-21-14-8-17(16-22(21)26-2)9-15-23(24)27-20-12-10-19(11-13-20)18-6-4-3-5-7-18/h3-16H,1-2H3. The summed E-state index contributed by atoms with van der Waals surface area (Å²) in [5.41, 5.74) is 2.99. The summed E-state index contributed by atoms with van der Waals surface area (Å²) in [5.74, 6) is 1.29. The molecule has 3 aromatic carbocycles. The van der Waals surface area contributed by atoms with E-state index in [1.165, 1.54) is 6.08 Å². The molecule has 0 bridgehead atoms. The van der Waals surface area contributed by atoms with Gasteiger partial charge in [0, 0.05) is 6.08 Å². The van der Waals surface area contributed by atoms with Gasteiger partial charge < -0.3 is 14.2 Å². The van der Waals surface area contributed by atoms with Crippen molar-refractivity contribution in [2.24, 2.45) is 0 Å². The van der Waals surface area contributed by atoms with Crippen molar-refractivity contribution in [3.63, 3.8) is 0 Å². The highest BCUT2D eigenvalue weighted by molar-refractivity contribution is 5.89. The van der Waals surface area contributed by atoms with Gasteiger partial charge in [0.05, 0.1) is 14.2 Å². The summed E-state index contributed by atoms with van der Waals surface area (Å²) in [7, 11) is 3.15. The summed E-state index contributed by atoms with van der Waals surface area (Å²) in [4.78, 5) is 12.1. The van der Waals surface area contributed by atoms with Crippen LogP contribution in [0.2, 0.25) is 0 Å². The first-order valence-electron chi connectivity index (χ1n) is 8.47. The number of methoxy groups -OCH3 is 2. The number of hydrogen-bond donors (Lipinski definition) is 0. The van der Waals surface area contributed by atoms with Gasteiger partial charge >= 0.3 is 5.97 Å². The molecule has 0 aliphatic heterocycles. The molecule has 0 amide bonds. The molecule has 0 saturated carbocycles. The van der Waals surface area contributed by atoms with E-state index in [2.05, 4.69) is 0 Å². The van der Waals surface area contributed by atoms with Crippen molar-refractivity contribution >= 4 is 12.0 Å². The minimum atomic E-state index is -0.447. The van der Waals surface area contributed by atoms with Gasteiger partial charge in [0.25, 0.3) is 0 Å². The van der Waals surface area contributed by atoms with Crippen molar-refractivity contribution in [1.29, 1.82) is 0 Å². The van der Waals surface area contributed by atoms with Crippen LogP contribution in [-0.4, -0.2) is 20.2 Å². The summed E-state index contributed by atoms with van der Waals surface area (Å²) >= 11 is 0. The van der Waals surface area contributed by atoms with Gasteiger partial charge in [-0.1, -0.05) is 48.5 Å². The van der Waals surface area contributed by atoms with Crippen LogP contribution in [-0.2, 0) is 4.79 Å². The third kappa shape index (κ3) is 4.76. The van der Waals surface area contributed by atoms with E-state index in [1.807, 2.05) is 48.5 Å². The molecule has 4 heteroatoms. The molecule has 136 valence electrons. The van der Waals surface area contributed by atoms with Crippen molar-refractivity contribution in [3.05, 3.63) is 84.4 Å². The Balaban J connectivity index is 1.64. The largest absolute Gasteiger partial charge is 0.493 e. The van der Waals surface area contributed by atoms with E-state index < -0.39 is 5.97 Å². The van der Waals surface area contributed by atoms with Crippen molar-refractivity contribution in [2.45, 2.75) is 0 Å². The predicted octanol–water partition coefficient (Wildman–Crippen LogP) is 4.99. The van der Waals surface area contributed by atoms with Crippen LogP contribution in [0.25, 0.3) is 17.2 Å². The average molecular weight is 360 g/mol. The van der Waals surface area contributed by atoms with Gasteiger partial charge in [0.2, 0.25) is 0 Å². The molecular formula is C23H20O4. The summed E-state index contributed by atoms with van der Waals surface area (Å²) < 4.78 is 15.8. The molecule has 0 saturated heterocycles. The van der Waals surface area contributed by atoms with Gasteiger partial charge in [0.15, 0.2) is 11.5 Å². The number of ether oxygens (including phenoxy) is 3. The number of carbonyl (C=O) groups excluding carboxylic acids is 1. The van der Waals surface area contributed by atoms with Crippen molar-refractivity contribution in [2.75, 3.05) is 14.2 Å². The number of carbonyl (C=O) groups is 1. The fourth-order valence-corrected chi connectivity index (χ4v) is 2.62. The topological polar surface area (TPSA) is 44.8 Å². The lowest BCUT2D eigenvalue weighted by molar-refractivity contribution is -0.128. The molecule has 27 heavy (non-hydrogen) atoms. The first-order chi connectivity index (χ1) is 13.2. The molecule has 0 spiro atoms. The van der Waals surface area contributed by atoms with Crippen LogP contribution in [0.3, 0.4) is 0 Å². The number of rotatable bonds is 6. The summed E-state index contributed by atoms with van der Waals surface area (Å²) in [6.07, 6.45) is 3.05. The quantitative estimate of drug-likeness (QED) is 0.353. The van der Waals surface area contributed by atoms with Crippen LogP contribution < -0.4 is 14.2 Å². The summed E-state index contributed by atoms with van der Waals surface area (Å²) in [6.45, 7) is 0. The minimum Gasteiger partial charge on any atom is -0.493 e. The Labute approximate surface area is 158 Å². The van der Waals surface area contributed by atoms with E-state index in [9.17, 15) is 4.79 Å². The number of esters is 1. The molecule has 0 radical (unpaired) electrons. The molecule has 0 unspecified atom stereocenters. The zero-order valence-corrected chi connectivity index (χ0v) is 15.2. The molecule has 0 aliphatic rings. The Kier molecular flexibility index (Phi) is 5.90. The molecule has 4 nitrogen and oxygen atoms in total. The normalized spacial score (nSPS) is 10.6. The van der Waals surface area contributed by atoms with Gasteiger partial charge in [-0.25, -0.2) is 4.79 Å². The highest BCUT2D eigenvalue weighted by Crippen LogP contribution is 2.28. The molecule has 3 rings (SSSR count). The number of hydrogen-bond acceptors (Lipinski definition) is 4. The number of benzene rings is 3. The summed E-state index contributed by atoms with van der Waals surface area (Å²) in [5, 5.41) is 0. The molecule has 0 heterocycles. The van der Waals surface area contributed by atoms with Crippen LogP contribution in [0.4, 0.5) is 0 Å². The van der Waals surface area contributed by atoms with Crippen molar-refractivity contribution in [1.82, 2.24) is 0 Å². The van der Waals surface area contributed by atoms with Crippen LogP contribution in [0, 0.1) is 0 Å². The van der Waals surface area contributed by atoms with E-state index in [0.717, 1.165) is 16.7 Å². The SMILES string of the molecule is COc1ccc(C=CC(=O)Oc2ccc(-c3ccccc3)cc2)cc1OC. The Hall–Kier alpha value is -3.53.